The predicted octanol–water partition coefficient (Wildman–Crippen LogP) is -4.38. The van der Waals surface area contributed by atoms with Crippen molar-refractivity contribution in [1.82, 2.24) is 21.3 Å². The Bertz CT molecular complexity index is 1110. The quantitative estimate of drug-likeness (QED) is 0.135. The third-order valence-corrected chi connectivity index (χ3v) is 12.4. The molecule has 4 saturated carbocycles. The average Bonchev–Trinajstić information content (AvgIpc) is 3.07. The van der Waals surface area contributed by atoms with Crippen LogP contribution in [0.1, 0.15) is 67.2 Å². The van der Waals surface area contributed by atoms with Gasteiger partial charge < -0.3 is 62.1 Å². The highest BCUT2D eigenvalue weighted by molar-refractivity contribution is 5.24. The summed E-state index contributed by atoms with van der Waals surface area (Å²) in [5.41, 5.74) is 5.04. The lowest BCUT2D eigenvalue weighted by atomic mass is 9.56. The molecule has 288 valence electrons. The lowest BCUT2D eigenvalue weighted by Gasteiger charge is -2.68. The van der Waals surface area contributed by atoms with E-state index in [9.17, 15) is 40.9 Å². The maximum absolute atomic E-state index is 12.7. The van der Waals surface area contributed by atoms with Gasteiger partial charge in [-0.25, -0.2) is 0 Å². The van der Waals surface area contributed by atoms with Crippen LogP contribution in [-0.4, -0.2) is 77.0 Å². The van der Waals surface area contributed by atoms with Gasteiger partial charge in [-0.3, -0.25) is 0 Å². The van der Waals surface area contributed by atoms with Crippen molar-refractivity contribution in [2.45, 2.75) is 116 Å². The van der Waals surface area contributed by atoms with E-state index >= 15 is 0 Å². The smallest absolute Gasteiger partial charge is 0.00923 e. The van der Waals surface area contributed by atoms with Gasteiger partial charge in [-0.1, -0.05) is 72.7 Å². The molecule has 0 aromatic rings. The summed E-state index contributed by atoms with van der Waals surface area (Å²) in [4.78, 5) is 0. The van der Waals surface area contributed by atoms with Gasteiger partial charge in [0.15, 0.2) is 0 Å². The van der Waals surface area contributed by atoms with Gasteiger partial charge in [0.25, 0.3) is 0 Å². The summed E-state index contributed by atoms with van der Waals surface area (Å²) in [6.45, 7) is 11.2. The van der Waals surface area contributed by atoms with Crippen molar-refractivity contribution in [3.05, 3.63) is 46.1 Å². The Balaban J connectivity index is 0.000000274. The van der Waals surface area contributed by atoms with Crippen LogP contribution in [0.2, 0.25) is 0 Å². The molecule has 0 spiro atoms. The van der Waals surface area contributed by atoms with E-state index in [2.05, 4.69) is 21.3 Å². The second kappa shape index (κ2) is 18.1. The fraction of sp³-hybridized carbons (Fsp3) is 0.789. The Morgan fingerprint density at radius 3 is 0.880 bits per heavy atom. The van der Waals surface area contributed by atoms with E-state index in [0.29, 0.717) is 0 Å². The first-order valence-electron chi connectivity index (χ1n) is 18.3. The predicted molar refractivity (Wildman–Crippen MR) is 177 cm³/mol. The van der Waals surface area contributed by atoms with Gasteiger partial charge in [-0.05, 0) is 76.6 Å². The normalized spacial score (nSPS) is 42.2. The van der Waals surface area contributed by atoms with Gasteiger partial charge in [0.2, 0.25) is 0 Å². The standard InChI is InChI=1S/C21H34N2O4.C17H26N2O4/c1-7-14(22-5)10(3)16-18(24)12(19(16)25)9-13-20(26)17(21(13)27)11(4)15(8-2)23-6;1-8(6-18-3)12-14(20)10(15(12)21)5-11-16(22)13(17(11)23)9(2)7-19-4/h12-13,16-23H,7-9H2,1-6H3;6-7,10-19H,5H2,1-4H3/q2*-4/b14-10-,15-11-;8-6+,9-7+. The minimum absolute atomic E-state index is 0.178. The van der Waals surface area contributed by atoms with E-state index < -0.39 is 96.2 Å². The van der Waals surface area contributed by atoms with Crippen LogP contribution in [-0.2, 0) is 0 Å². The van der Waals surface area contributed by atoms with Gasteiger partial charge in [0, 0.05) is 39.6 Å². The van der Waals surface area contributed by atoms with Crippen molar-refractivity contribution in [2.75, 3.05) is 28.2 Å². The van der Waals surface area contributed by atoms with Crippen LogP contribution in [0.4, 0.5) is 0 Å². The molecule has 12 nitrogen and oxygen atoms in total. The molecule has 0 heterocycles. The van der Waals surface area contributed by atoms with Crippen LogP contribution in [0.5, 0.6) is 0 Å². The van der Waals surface area contributed by atoms with E-state index in [0.717, 1.165) is 46.5 Å². The molecule has 0 saturated heterocycles. The number of rotatable bonds is 14. The summed E-state index contributed by atoms with van der Waals surface area (Å²) in [7, 11) is 7.03. The molecule has 8 unspecified atom stereocenters. The lowest BCUT2D eigenvalue weighted by molar-refractivity contribution is -0.577. The molecule has 0 radical (unpaired) electrons. The molecule has 4 N–H and O–H groups in total. The Morgan fingerprint density at radius 2 is 0.680 bits per heavy atom. The minimum atomic E-state index is -1.01. The zero-order valence-corrected chi connectivity index (χ0v) is 31.5. The first kappa shape index (κ1) is 42.3. The maximum Gasteiger partial charge on any atom is 0.00923 e. The summed E-state index contributed by atoms with van der Waals surface area (Å²) < 4.78 is 0. The molecule has 4 fully saturated rings. The van der Waals surface area contributed by atoms with Gasteiger partial charge >= 0.3 is 0 Å². The second-order valence-electron chi connectivity index (χ2n) is 14.8. The largest absolute Gasteiger partial charge is 0.851 e. The van der Waals surface area contributed by atoms with E-state index in [1.54, 1.807) is 54.4 Å². The van der Waals surface area contributed by atoms with E-state index in [4.69, 9.17) is 0 Å². The molecular formula is C38H60N4O8-8. The summed E-state index contributed by atoms with van der Waals surface area (Å²) in [5, 5.41) is 112. The topological polar surface area (TPSA) is 233 Å². The Morgan fingerprint density at radius 1 is 0.440 bits per heavy atom. The van der Waals surface area contributed by atoms with E-state index in [1.165, 1.54) is 0 Å². The molecule has 12 heteroatoms. The van der Waals surface area contributed by atoms with Crippen LogP contribution in [0, 0.1) is 47.3 Å². The van der Waals surface area contributed by atoms with Crippen molar-refractivity contribution in [2.24, 2.45) is 47.3 Å². The Kier molecular flexibility index (Phi) is 15.3. The fourth-order valence-corrected chi connectivity index (χ4v) is 9.12. The van der Waals surface area contributed by atoms with Crippen LogP contribution in [0.15, 0.2) is 46.1 Å². The van der Waals surface area contributed by atoms with Crippen LogP contribution >= 0.6 is 0 Å². The van der Waals surface area contributed by atoms with Crippen molar-refractivity contribution in [1.29, 1.82) is 0 Å². The maximum atomic E-state index is 12.7. The molecule has 0 bridgehead atoms. The number of hydrogen-bond acceptors (Lipinski definition) is 12. The Hall–Kier alpha value is -2.16. The van der Waals surface area contributed by atoms with Gasteiger partial charge in [-0.2, -0.15) is 0 Å². The molecule has 0 aromatic carbocycles. The number of allylic oxidation sites excluding steroid dienone is 2. The molecule has 8 atom stereocenters. The first-order chi connectivity index (χ1) is 23.6. The van der Waals surface area contributed by atoms with E-state index in [-0.39, 0.29) is 12.8 Å². The van der Waals surface area contributed by atoms with Crippen molar-refractivity contribution in [3.8, 4) is 0 Å². The fourth-order valence-electron chi connectivity index (χ4n) is 9.12. The number of nitrogens with one attached hydrogen (secondary N) is 4. The van der Waals surface area contributed by atoms with Crippen LogP contribution in [0.25, 0.3) is 0 Å². The average molecular weight is 701 g/mol. The van der Waals surface area contributed by atoms with Crippen molar-refractivity contribution < 1.29 is 40.9 Å². The van der Waals surface area contributed by atoms with Gasteiger partial charge in [0.05, 0.1) is 0 Å². The van der Waals surface area contributed by atoms with E-state index in [1.807, 2.05) is 27.7 Å². The molecular weight excluding hydrogens is 640 g/mol. The molecule has 4 aliphatic carbocycles. The molecule has 4 rings (SSSR count). The minimum Gasteiger partial charge on any atom is -0.851 e. The highest BCUT2D eigenvalue weighted by Gasteiger charge is 2.45. The zero-order valence-electron chi connectivity index (χ0n) is 31.5. The second-order valence-corrected chi connectivity index (χ2v) is 14.8. The van der Waals surface area contributed by atoms with Crippen LogP contribution in [0.3, 0.4) is 0 Å². The third kappa shape index (κ3) is 7.93. The van der Waals surface area contributed by atoms with Gasteiger partial charge in [0.1, 0.15) is 0 Å². The monoisotopic (exact) mass is 700 g/mol. The SMILES string of the molecule is CC/C(NC)=C(\C)C1C([O-])C(CC2C([O-])C(/C(C)=C(/CC)NC)C2[O-])C1[O-].CN/C=C(\C)C1C([O-])C(CC2C([O-])C(/C(C)=C/NC)C2[O-])C1[O-]. The molecule has 0 aliphatic heterocycles. The highest BCUT2D eigenvalue weighted by Crippen LogP contribution is 2.48. The summed E-state index contributed by atoms with van der Waals surface area (Å²) in [6, 6.07) is 0. The van der Waals surface area contributed by atoms with Crippen LogP contribution < -0.4 is 62.1 Å². The van der Waals surface area contributed by atoms with Crippen molar-refractivity contribution in [3.63, 3.8) is 0 Å². The molecule has 0 aromatic heterocycles. The molecule has 4 aliphatic rings. The third-order valence-electron chi connectivity index (χ3n) is 12.4. The summed E-state index contributed by atoms with van der Waals surface area (Å²) in [6.07, 6.45) is -2.87. The number of hydrogen-bond donors (Lipinski definition) is 4. The first-order valence-corrected chi connectivity index (χ1v) is 18.3. The molecule has 50 heavy (non-hydrogen) atoms. The Labute approximate surface area is 299 Å². The van der Waals surface area contributed by atoms with Gasteiger partial charge in [-0.15, -0.1) is 48.8 Å². The highest BCUT2D eigenvalue weighted by atomic mass is 16.3. The summed E-state index contributed by atoms with van der Waals surface area (Å²) >= 11 is 0. The zero-order chi connectivity index (χ0) is 37.8. The summed E-state index contributed by atoms with van der Waals surface area (Å²) in [5.74, 6) is -4.59. The lowest BCUT2D eigenvalue weighted by Crippen LogP contribution is -2.72. The molecule has 0 amide bonds. The van der Waals surface area contributed by atoms with Crippen molar-refractivity contribution >= 4 is 0 Å².